The van der Waals surface area contributed by atoms with Gasteiger partial charge in [0, 0.05) is 20.1 Å². The van der Waals surface area contributed by atoms with Crippen LogP contribution in [0, 0.1) is 11.3 Å². The second-order valence-corrected chi connectivity index (χ2v) is 6.97. The van der Waals surface area contributed by atoms with Gasteiger partial charge >= 0.3 is 0 Å². The van der Waals surface area contributed by atoms with Gasteiger partial charge in [-0.1, -0.05) is 19.8 Å². The van der Waals surface area contributed by atoms with E-state index in [0.717, 1.165) is 18.8 Å². The fraction of sp³-hybridized carbons (Fsp3) is 0.938. The summed E-state index contributed by atoms with van der Waals surface area (Å²) in [6.07, 6.45) is 4.49. The van der Waals surface area contributed by atoms with Gasteiger partial charge in [-0.05, 0) is 32.6 Å². The van der Waals surface area contributed by atoms with Crippen molar-refractivity contribution in [2.75, 3.05) is 26.7 Å². The molecule has 3 unspecified atom stereocenters. The van der Waals surface area contributed by atoms with Gasteiger partial charge in [-0.3, -0.25) is 4.79 Å². The molecule has 0 bridgehead atoms. The van der Waals surface area contributed by atoms with Crippen LogP contribution in [0.5, 0.6) is 0 Å². The minimum Gasteiger partial charge on any atom is -0.389 e. The van der Waals surface area contributed by atoms with E-state index in [1.807, 2.05) is 13.8 Å². The van der Waals surface area contributed by atoms with E-state index in [1.165, 1.54) is 12.8 Å². The topological polar surface area (TPSA) is 70.6 Å². The van der Waals surface area contributed by atoms with Crippen LogP contribution < -0.4 is 10.6 Å². The van der Waals surface area contributed by atoms with Crippen LogP contribution in [0.15, 0.2) is 0 Å². The number of amides is 1. The Kier molecular flexibility index (Phi) is 7.63. The lowest BCUT2D eigenvalue weighted by Gasteiger charge is -2.28. The van der Waals surface area contributed by atoms with E-state index >= 15 is 0 Å². The van der Waals surface area contributed by atoms with Crippen LogP contribution in [0.4, 0.5) is 0 Å². The van der Waals surface area contributed by atoms with Crippen molar-refractivity contribution < 1.29 is 14.6 Å². The van der Waals surface area contributed by atoms with Gasteiger partial charge in [-0.15, -0.1) is 0 Å². The second-order valence-electron chi connectivity index (χ2n) is 6.97. The maximum absolute atomic E-state index is 11.6. The van der Waals surface area contributed by atoms with E-state index < -0.39 is 11.5 Å². The summed E-state index contributed by atoms with van der Waals surface area (Å²) in [7, 11) is 1.64. The zero-order valence-corrected chi connectivity index (χ0v) is 13.9. The van der Waals surface area contributed by atoms with Crippen molar-refractivity contribution >= 4 is 5.91 Å². The highest BCUT2D eigenvalue weighted by Crippen LogP contribution is 2.25. The Hall–Kier alpha value is -0.650. The molecule has 124 valence electrons. The van der Waals surface area contributed by atoms with Crippen LogP contribution in [0.2, 0.25) is 0 Å². The van der Waals surface area contributed by atoms with Crippen LogP contribution in [0.3, 0.4) is 0 Å². The molecule has 0 aliphatic heterocycles. The fourth-order valence-corrected chi connectivity index (χ4v) is 2.81. The van der Waals surface area contributed by atoms with Crippen molar-refractivity contribution in [2.45, 2.75) is 58.7 Å². The van der Waals surface area contributed by atoms with Crippen molar-refractivity contribution in [1.29, 1.82) is 0 Å². The summed E-state index contributed by atoms with van der Waals surface area (Å²) in [4.78, 5) is 11.6. The molecule has 0 aromatic rings. The summed E-state index contributed by atoms with van der Waals surface area (Å²) >= 11 is 0. The molecule has 1 fully saturated rings. The monoisotopic (exact) mass is 300 g/mol. The van der Waals surface area contributed by atoms with Crippen LogP contribution in [0.25, 0.3) is 0 Å². The van der Waals surface area contributed by atoms with Gasteiger partial charge in [-0.2, -0.15) is 0 Å². The first kappa shape index (κ1) is 18.4. The normalized spacial score (nSPS) is 24.6. The number of aliphatic hydroxyl groups is 1. The van der Waals surface area contributed by atoms with Crippen LogP contribution in [-0.2, 0) is 9.53 Å². The van der Waals surface area contributed by atoms with Crippen molar-refractivity contribution in [2.24, 2.45) is 11.3 Å². The van der Waals surface area contributed by atoms with Gasteiger partial charge in [-0.25, -0.2) is 0 Å². The molecule has 0 aromatic carbocycles. The fourth-order valence-electron chi connectivity index (χ4n) is 2.81. The molecule has 1 aliphatic rings. The maximum Gasteiger partial charge on any atom is 0.226 e. The van der Waals surface area contributed by atoms with Crippen molar-refractivity contribution in [1.82, 2.24) is 10.6 Å². The number of ether oxygens (including phenoxy) is 1. The molecule has 3 N–H and O–H groups in total. The van der Waals surface area contributed by atoms with Gasteiger partial charge < -0.3 is 20.5 Å². The van der Waals surface area contributed by atoms with E-state index in [0.29, 0.717) is 25.8 Å². The first-order valence-electron chi connectivity index (χ1n) is 8.07. The first-order chi connectivity index (χ1) is 9.85. The van der Waals surface area contributed by atoms with Crippen molar-refractivity contribution in [3.63, 3.8) is 0 Å². The van der Waals surface area contributed by atoms with Gasteiger partial charge in [0.1, 0.15) is 0 Å². The molecule has 5 heteroatoms. The molecule has 1 saturated carbocycles. The average molecular weight is 300 g/mol. The lowest BCUT2D eigenvalue weighted by molar-refractivity contribution is -0.128. The minimum absolute atomic E-state index is 0.00284. The van der Waals surface area contributed by atoms with Gasteiger partial charge in [0.25, 0.3) is 0 Å². The summed E-state index contributed by atoms with van der Waals surface area (Å²) in [6.45, 7) is 7.36. The second kappa shape index (κ2) is 8.71. The molecule has 5 nitrogen and oxygen atoms in total. The van der Waals surface area contributed by atoms with Crippen molar-refractivity contribution in [3.8, 4) is 0 Å². The van der Waals surface area contributed by atoms with E-state index in [2.05, 4.69) is 17.6 Å². The zero-order chi connectivity index (χ0) is 15.9. The average Bonchev–Trinajstić information content (AvgIpc) is 2.44. The molecule has 0 heterocycles. The molecule has 0 saturated heterocycles. The minimum atomic E-state index is -0.525. The Bertz CT molecular complexity index is 321. The Morgan fingerprint density at radius 3 is 2.76 bits per heavy atom. The molecule has 0 aromatic heterocycles. The summed E-state index contributed by atoms with van der Waals surface area (Å²) in [6, 6.07) is 0. The lowest BCUT2D eigenvalue weighted by Crippen LogP contribution is -2.44. The predicted octanol–water partition coefficient (Wildman–Crippen LogP) is 1.30. The number of rotatable bonds is 8. The summed E-state index contributed by atoms with van der Waals surface area (Å²) in [5.74, 6) is 0.726. The Balaban J connectivity index is 2.16. The Labute approximate surface area is 128 Å². The molecule has 21 heavy (non-hydrogen) atoms. The largest absolute Gasteiger partial charge is 0.389 e. The summed E-state index contributed by atoms with van der Waals surface area (Å²) < 4.78 is 5.80. The number of hydrogen-bond acceptors (Lipinski definition) is 4. The van der Waals surface area contributed by atoms with E-state index in [4.69, 9.17) is 4.74 Å². The van der Waals surface area contributed by atoms with Gasteiger partial charge in [0.05, 0.1) is 24.2 Å². The SMILES string of the molecule is CNC(=O)C(C)(C)CNCC(O)COC1CCCC(C)C1. The van der Waals surface area contributed by atoms with E-state index in [-0.39, 0.29) is 5.91 Å². The highest BCUT2D eigenvalue weighted by molar-refractivity contribution is 5.81. The summed E-state index contributed by atoms with van der Waals surface area (Å²) in [5.41, 5.74) is -0.478. The zero-order valence-electron chi connectivity index (χ0n) is 13.9. The van der Waals surface area contributed by atoms with Gasteiger partial charge in [0.2, 0.25) is 5.91 Å². The van der Waals surface area contributed by atoms with Crippen LogP contribution >= 0.6 is 0 Å². The third-order valence-electron chi connectivity index (χ3n) is 4.20. The van der Waals surface area contributed by atoms with Gasteiger partial charge in [0.15, 0.2) is 0 Å². The number of nitrogens with one attached hydrogen (secondary N) is 2. The number of aliphatic hydroxyl groups excluding tert-OH is 1. The molecular formula is C16H32N2O3. The molecule has 1 rings (SSSR count). The molecule has 0 spiro atoms. The lowest BCUT2D eigenvalue weighted by atomic mass is 9.89. The van der Waals surface area contributed by atoms with E-state index in [1.54, 1.807) is 7.05 Å². The number of hydrogen-bond donors (Lipinski definition) is 3. The molecule has 3 atom stereocenters. The molecular weight excluding hydrogens is 268 g/mol. The summed E-state index contributed by atoms with van der Waals surface area (Å²) in [5, 5.41) is 15.7. The third-order valence-corrected chi connectivity index (χ3v) is 4.20. The van der Waals surface area contributed by atoms with Crippen LogP contribution in [0.1, 0.15) is 46.5 Å². The molecule has 0 radical (unpaired) electrons. The van der Waals surface area contributed by atoms with Crippen LogP contribution in [-0.4, -0.2) is 50.0 Å². The number of carbonyl (C=O) groups excluding carboxylic acids is 1. The highest BCUT2D eigenvalue weighted by Gasteiger charge is 2.26. The highest BCUT2D eigenvalue weighted by atomic mass is 16.5. The smallest absolute Gasteiger partial charge is 0.226 e. The quantitative estimate of drug-likeness (QED) is 0.632. The predicted molar refractivity (Wildman–Crippen MR) is 84.1 cm³/mol. The number of carbonyl (C=O) groups is 1. The third kappa shape index (κ3) is 6.76. The van der Waals surface area contributed by atoms with E-state index in [9.17, 15) is 9.90 Å². The standard InChI is InChI=1S/C16H32N2O3/c1-12-6-5-7-14(8-12)21-10-13(19)9-18-11-16(2,3)15(20)17-4/h12-14,18-19H,5-11H2,1-4H3,(H,17,20). The van der Waals surface area contributed by atoms with Crippen molar-refractivity contribution in [3.05, 3.63) is 0 Å². The Morgan fingerprint density at radius 1 is 1.43 bits per heavy atom. The Morgan fingerprint density at radius 2 is 2.14 bits per heavy atom. The molecule has 1 amide bonds. The molecule has 1 aliphatic carbocycles. The first-order valence-corrected chi connectivity index (χ1v) is 8.07. The maximum atomic E-state index is 11.6.